The number of hydrogen-bond donors (Lipinski definition) is 1. The zero-order valence-corrected chi connectivity index (χ0v) is 27.3. The van der Waals surface area contributed by atoms with Crippen molar-refractivity contribution in [3.05, 3.63) is 70.6 Å². The van der Waals surface area contributed by atoms with Crippen molar-refractivity contribution in [2.24, 2.45) is 11.8 Å². The number of ketones is 1. The second-order valence-corrected chi connectivity index (χ2v) is 11.3. The van der Waals surface area contributed by atoms with Gasteiger partial charge in [-0.2, -0.15) is 0 Å². The average Bonchev–Trinajstić information content (AvgIpc) is 3.34. The average molecular weight is 795 g/mol. The van der Waals surface area contributed by atoms with Gasteiger partial charge in [-0.25, -0.2) is 0 Å². The summed E-state index contributed by atoms with van der Waals surface area (Å²) in [4.78, 5) is 22.0. The molecule has 2 aromatic heterocycles. The summed E-state index contributed by atoms with van der Waals surface area (Å²) >= 11 is 0.0232. The van der Waals surface area contributed by atoms with E-state index in [2.05, 4.69) is 16.0 Å². The number of carbonyl (C=O) groups is 1. The summed E-state index contributed by atoms with van der Waals surface area (Å²) in [5.41, 5.74) is 0.786. The van der Waals surface area contributed by atoms with Gasteiger partial charge in [-0.15, -0.1) is 0 Å². The Balaban J connectivity index is 0.000000307. The minimum absolute atomic E-state index is 0. The first-order chi connectivity index (χ1) is 18.5. The van der Waals surface area contributed by atoms with Gasteiger partial charge >= 0.3 is 141 Å². The summed E-state index contributed by atoms with van der Waals surface area (Å²) in [6.45, 7) is 10.00. The molecule has 2 heterocycles. The number of aromatic nitrogens is 2. The van der Waals surface area contributed by atoms with Gasteiger partial charge in [0.1, 0.15) is 0 Å². The molecule has 0 amide bonds. The number of benzene rings is 2. The number of carbonyl (C=O) groups excluding carboxylic acids is 1. The molecule has 1 radical (unpaired) electrons. The molecule has 4 aromatic rings. The first-order valence-electron chi connectivity index (χ1n) is 13.2. The number of hydrogen-bond acceptors (Lipinski definition) is 4. The Kier molecular flexibility index (Phi) is 12.8. The summed E-state index contributed by atoms with van der Waals surface area (Å²) in [6, 6.07) is 11.4. The molecule has 40 heavy (non-hydrogen) atoms. The Hall–Kier alpha value is -2.31. The number of alkyl halides is 3. The summed E-state index contributed by atoms with van der Waals surface area (Å²) in [5.74, 6) is 0.547. The summed E-state index contributed by atoms with van der Waals surface area (Å²) < 4.78 is 42.0. The fourth-order valence-corrected chi connectivity index (χ4v) is 6.39. The monoisotopic (exact) mass is 796 g/mol. The van der Waals surface area contributed by atoms with Crippen LogP contribution < -0.4 is 0 Å². The van der Waals surface area contributed by atoms with Crippen LogP contribution in [0.4, 0.5) is 13.2 Å². The fraction of sp³-hybridized carbons (Fsp3) is 0.387. The molecule has 217 valence electrons. The van der Waals surface area contributed by atoms with Gasteiger partial charge < -0.3 is 5.11 Å². The second kappa shape index (κ2) is 15.1. The number of rotatable bonds is 8. The summed E-state index contributed by atoms with van der Waals surface area (Å²) in [6.07, 6.45) is 1.63. The Morgan fingerprint density at radius 2 is 1.65 bits per heavy atom. The van der Waals surface area contributed by atoms with Crippen LogP contribution in [0.1, 0.15) is 64.5 Å². The number of aliphatic hydroxyl groups excluding tert-OH is 1. The van der Waals surface area contributed by atoms with Crippen molar-refractivity contribution >= 4 is 42.0 Å². The number of nitrogens with zero attached hydrogens (tertiary/aromatic N) is 2. The third-order valence-electron chi connectivity index (χ3n) is 6.90. The van der Waals surface area contributed by atoms with Crippen LogP contribution in [0.2, 0.25) is 0 Å². The van der Waals surface area contributed by atoms with Crippen LogP contribution in [-0.2, 0) is 31.1 Å². The van der Waals surface area contributed by atoms with Crippen LogP contribution in [0, 0.1) is 24.8 Å². The molecule has 0 saturated heterocycles. The Labute approximate surface area is 253 Å². The van der Waals surface area contributed by atoms with Crippen molar-refractivity contribution < 1.29 is 43.2 Å². The quantitative estimate of drug-likeness (QED) is 0.0640. The van der Waals surface area contributed by atoms with Crippen molar-refractivity contribution in [3.8, 4) is 10.1 Å². The van der Waals surface area contributed by atoms with Gasteiger partial charge in [0.15, 0.2) is 5.78 Å². The van der Waals surface area contributed by atoms with Gasteiger partial charge in [-0.05, 0) is 25.7 Å². The molecule has 0 aliphatic carbocycles. The molecular formula is C31H34F3IrN2O2Se-. The molecule has 4 rings (SSSR count). The standard InChI is InChI=1S/C18H10F3N2Se.C13H24O2.Ir/c1-10-6-14(24-8-10)16-13-7-11-4-2-3-5-12(11)15(18(19,20)21)17(13)23-9-22-16;1-5-10(6-2)12(14)9-13(15)11(7-3)8-4;/h2-5,7-9H,1H3;9-11,14H,5-8H2,1-4H3;/q-1;;/b;12-9-;. The molecule has 0 aliphatic heterocycles. The minimum Gasteiger partial charge on any atom is 0 e. The largest absolute Gasteiger partial charge is 0 e. The molecular weight excluding hydrogens is 761 g/mol. The maximum atomic E-state index is 13.7. The third kappa shape index (κ3) is 7.91. The van der Waals surface area contributed by atoms with Gasteiger partial charge in [-0.1, -0.05) is 27.7 Å². The van der Waals surface area contributed by atoms with E-state index in [4.69, 9.17) is 0 Å². The van der Waals surface area contributed by atoms with Crippen LogP contribution in [0.15, 0.2) is 53.4 Å². The maximum Gasteiger partial charge on any atom is 0 e. The van der Waals surface area contributed by atoms with E-state index in [0.717, 1.165) is 35.7 Å². The summed E-state index contributed by atoms with van der Waals surface area (Å²) in [5, 5.41) is 10.9. The smallest absolute Gasteiger partial charge is 0 e. The van der Waals surface area contributed by atoms with Gasteiger partial charge in [0.25, 0.3) is 0 Å². The Morgan fingerprint density at radius 3 is 2.20 bits per heavy atom. The predicted octanol–water partition coefficient (Wildman–Crippen LogP) is 8.50. The first kappa shape index (κ1) is 33.9. The van der Waals surface area contributed by atoms with Gasteiger partial charge in [-0.3, -0.25) is 4.79 Å². The zero-order valence-electron chi connectivity index (χ0n) is 23.2. The molecule has 0 saturated carbocycles. The van der Waals surface area contributed by atoms with E-state index in [1.165, 1.54) is 18.5 Å². The molecule has 0 atom stereocenters. The van der Waals surface area contributed by atoms with E-state index in [9.17, 15) is 23.1 Å². The van der Waals surface area contributed by atoms with E-state index in [-0.39, 0.29) is 68.9 Å². The molecule has 9 heteroatoms. The zero-order chi connectivity index (χ0) is 28.7. The SMILES string of the molecule is CCC(CC)C(=O)/C=C(\O)C(CC)CC.Cc1[c-]c(-c2ncnc3c(C(F)(F)F)c4ccccc4cc23)[se]c1.[Ir]. The molecule has 0 aliphatic rings. The molecule has 0 unspecified atom stereocenters. The fourth-order valence-electron chi connectivity index (χ4n) is 4.61. The second-order valence-electron chi connectivity index (χ2n) is 9.46. The van der Waals surface area contributed by atoms with Crippen LogP contribution in [0.3, 0.4) is 0 Å². The van der Waals surface area contributed by atoms with Crippen molar-refractivity contribution in [1.29, 1.82) is 0 Å². The van der Waals surface area contributed by atoms with E-state index in [0.29, 0.717) is 16.5 Å². The van der Waals surface area contributed by atoms with Gasteiger partial charge in [0, 0.05) is 38.0 Å². The minimum atomic E-state index is -4.49. The van der Waals surface area contributed by atoms with Gasteiger partial charge in [0.2, 0.25) is 0 Å². The maximum absolute atomic E-state index is 13.7. The van der Waals surface area contributed by atoms with Crippen molar-refractivity contribution in [2.45, 2.75) is 66.5 Å². The number of aryl methyl sites for hydroxylation is 1. The number of aliphatic hydroxyl groups is 1. The predicted molar refractivity (Wildman–Crippen MR) is 152 cm³/mol. The normalized spacial score (nSPS) is 12.0. The van der Waals surface area contributed by atoms with Crippen LogP contribution in [0.5, 0.6) is 0 Å². The number of allylic oxidation sites excluding steroid dienone is 2. The Bertz CT molecular complexity index is 1460. The van der Waals surface area contributed by atoms with Crippen molar-refractivity contribution in [2.75, 3.05) is 0 Å². The van der Waals surface area contributed by atoms with E-state index in [1.807, 2.05) is 39.6 Å². The molecule has 0 fully saturated rings. The van der Waals surface area contributed by atoms with E-state index in [1.54, 1.807) is 24.3 Å². The Morgan fingerprint density at radius 1 is 1.02 bits per heavy atom. The summed E-state index contributed by atoms with van der Waals surface area (Å²) in [7, 11) is 0. The van der Waals surface area contributed by atoms with Gasteiger partial charge in [0.05, 0.1) is 5.76 Å². The van der Waals surface area contributed by atoms with Crippen molar-refractivity contribution in [3.63, 3.8) is 0 Å². The van der Waals surface area contributed by atoms with E-state index >= 15 is 0 Å². The van der Waals surface area contributed by atoms with Crippen molar-refractivity contribution in [1.82, 2.24) is 9.97 Å². The van der Waals surface area contributed by atoms with Crippen LogP contribution in [0.25, 0.3) is 31.8 Å². The molecule has 4 nitrogen and oxygen atoms in total. The molecule has 2 aromatic carbocycles. The van der Waals surface area contributed by atoms with Crippen LogP contribution >= 0.6 is 0 Å². The number of fused-ring (bicyclic) bond motifs is 2. The number of halogens is 3. The van der Waals surface area contributed by atoms with Crippen LogP contribution in [-0.4, -0.2) is 35.4 Å². The molecule has 1 N–H and O–H groups in total. The molecule has 0 spiro atoms. The third-order valence-corrected chi connectivity index (χ3v) is 9.00. The van der Waals surface area contributed by atoms with E-state index < -0.39 is 11.7 Å². The topological polar surface area (TPSA) is 63.1 Å². The molecule has 0 bridgehead atoms. The first-order valence-corrected chi connectivity index (χ1v) is 15.1.